The lowest BCUT2D eigenvalue weighted by atomic mass is 10.0. The Balaban J connectivity index is 2.71. The molecule has 1 atom stereocenters. The van der Waals surface area contributed by atoms with E-state index in [2.05, 4.69) is 5.32 Å². The van der Waals surface area contributed by atoms with Crippen molar-refractivity contribution in [2.24, 2.45) is 5.73 Å². The number of hydrogen-bond donors (Lipinski definition) is 3. The van der Waals surface area contributed by atoms with Crippen molar-refractivity contribution in [3.8, 4) is 0 Å². The van der Waals surface area contributed by atoms with E-state index in [0.29, 0.717) is 6.54 Å². The van der Waals surface area contributed by atoms with E-state index in [9.17, 15) is 13.9 Å². The number of halogens is 2. The Hall–Kier alpha value is -1.04. The lowest BCUT2D eigenvalue weighted by Crippen LogP contribution is -2.47. The fraction of sp³-hybridized carbons (Fsp3) is 0.500. The molecule has 0 saturated carbocycles. The van der Waals surface area contributed by atoms with E-state index in [1.807, 2.05) is 13.8 Å². The van der Waals surface area contributed by atoms with Crippen LogP contribution in [0, 0.1) is 11.6 Å². The molecular formula is C12H18F2N2O. The molecule has 0 amide bonds. The minimum Gasteiger partial charge on any atom is -0.387 e. The number of aliphatic hydroxyl groups is 1. The van der Waals surface area contributed by atoms with Crippen LogP contribution in [0.25, 0.3) is 0 Å². The summed E-state index contributed by atoms with van der Waals surface area (Å²) in [5, 5.41) is 12.8. The maximum atomic E-state index is 13.4. The fourth-order valence-corrected chi connectivity index (χ4v) is 1.33. The average Bonchev–Trinajstić information content (AvgIpc) is 2.30. The minimum absolute atomic E-state index is 0.0506. The maximum absolute atomic E-state index is 13.4. The zero-order valence-electron chi connectivity index (χ0n) is 10.0. The molecule has 4 N–H and O–H groups in total. The highest BCUT2D eigenvalue weighted by molar-refractivity contribution is 5.21. The third kappa shape index (κ3) is 3.73. The van der Waals surface area contributed by atoms with Gasteiger partial charge in [0.05, 0.1) is 6.10 Å². The van der Waals surface area contributed by atoms with Crippen LogP contribution in [0.3, 0.4) is 0 Å². The first-order chi connectivity index (χ1) is 7.87. The molecule has 0 radical (unpaired) electrons. The summed E-state index contributed by atoms with van der Waals surface area (Å²) in [7, 11) is 0. The summed E-state index contributed by atoms with van der Waals surface area (Å²) in [6, 6.07) is 3.74. The lowest BCUT2D eigenvalue weighted by Gasteiger charge is -2.26. The zero-order valence-corrected chi connectivity index (χ0v) is 10.0. The van der Waals surface area contributed by atoms with Crippen LogP contribution in [0.4, 0.5) is 8.78 Å². The average molecular weight is 244 g/mol. The molecule has 0 aliphatic rings. The predicted octanol–water partition coefficient (Wildman–Crippen LogP) is 1.33. The number of benzene rings is 1. The molecule has 1 unspecified atom stereocenters. The van der Waals surface area contributed by atoms with Gasteiger partial charge in [-0.3, -0.25) is 0 Å². The molecule has 0 fully saturated rings. The van der Waals surface area contributed by atoms with Crippen LogP contribution in [0.2, 0.25) is 0 Å². The first kappa shape index (κ1) is 14.0. The van der Waals surface area contributed by atoms with Crippen LogP contribution in [0.1, 0.15) is 25.5 Å². The normalized spacial score (nSPS) is 13.8. The minimum atomic E-state index is -1.10. The van der Waals surface area contributed by atoms with E-state index in [1.165, 1.54) is 12.1 Å². The second kappa shape index (κ2) is 5.53. The van der Waals surface area contributed by atoms with Gasteiger partial charge < -0.3 is 16.2 Å². The van der Waals surface area contributed by atoms with E-state index in [1.54, 1.807) is 0 Å². The SMILES string of the molecule is CC(C)(CN)NCC(O)c1cccc(F)c1F. The van der Waals surface area contributed by atoms with Gasteiger partial charge in [-0.05, 0) is 19.9 Å². The Bertz CT molecular complexity index is 383. The molecule has 1 aromatic carbocycles. The van der Waals surface area contributed by atoms with E-state index < -0.39 is 17.7 Å². The fourth-order valence-electron chi connectivity index (χ4n) is 1.33. The van der Waals surface area contributed by atoms with Gasteiger partial charge in [-0.2, -0.15) is 0 Å². The molecule has 96 valence electrons. The van der Waals surface area contributed by atoms with Crippen LogP contribution in [0.15, 0.2) is 18.2 Å². The second-order valence-corrected chi connectivity index (χ2v) is 4.63. The molecule has 1 rings (SSSR count). The Morgan fingerprint density at radius 3 is 2.65 bits per heavy atom. The van der Waals surface area contributed by atoms with Gasteiger partial charge in [-0.15, -0.1) is 0 Å². The monoisotopic (exact) mass is 244 g/mol. The van der Waals surface area contributed by atoms with Crippen molar-refractivity contribution in [1.82, 2.24) is 5.32 Å². The largest absolute Gasteiger partial charge is 0.387 e. The molecule has 3 nitrogen and oxygen atoms in total. The van der Waals surface area contributed by atoms with Gasteiger partial charge >= 0.3 is 0 Å². The van der Waals surface area contributed by atoms with E-state index in [-0.39, 0.29) is 17.6 Å². The van der Waals surface area contributed by atoms with Crippen LogP contribution < -0.4 is 11.1 Å². The Morgan fingerprint density at radius 1 is 1.41 bits per heavy atom. The van der Waals surface area contributed by atoms with E-state index >= 15 is 0 Å². The van der Waals surface area contributed by atoms with Gasteiger partial charge in [-0.1, -0.05) is 12.1 Å². The third-order valence-corrected chi connectivity index (χ3v) is 2.62. The number of nitrogens with two attached hydrogens (primary N) is 1. The first-order valence-electron chi connectivity index (χ1n) is 5.44. The lowest BCUT2D eigenvalue weighted by molar-refractivity contribution is 0.156. The highest BCUT2D eigenvalue weighted by Crippen LogP contribution is 2.19. The molecule has 0 heterocycles. The topological polar surface area (TPSA) is 58.3 Å². The molecule has 5 heteroatoms. The van der Waals surface area contributed by atoms with Crippen LogP contribution >= 0.6 is 0 Å². The molecule has 0 saturated heterocycles. The summed E-state index contributed by atoms with van der Waals surface area (Å²) in [5.74, 6) is -1.97. The van der Waals surface area contributed by atoms with Crippen LogP contribution in [-0.4, -0.2) is 23.7 Å². The Kier molecular flexibility index (Phi) is 4.56. The zero-order chi connectivity index (χ0) is 13.1. The summed E-state index contributed by atoms with van der Waals surface area (Å²) in [4.78, 5) is 0. The van der Waals surface area contributed by atoms with Crippen LogP contribution in [-0.2, 0) is 0 Å². The first-order valence-corrected chi connectivity index (χ1v) is 5.44. The molecule has 0 spiro atoms. The predicted molar refractivity (Wildman–Crippen MR) is 62.5 cm³/mol. The van der Waals surface area contributed by atoms with Crippen molar-refractivity contribution in [2.75, 3.05) is 13.1 Å². The molecule has 1 aromatic rings. The summed E-state index contributed by atoms with van der Waals surface area (Å²) in [6.45, 7) is 4.22. The number of aliphatic hydroxyl groups excluding tert-OH is 1. The van der Waals surface area contributed by atoms with Gasteiger partial charge in [0.15, 0.2) is 11.6 Å². The molecule has 0 aromatic heterocycles. The second-order valence-electron chi connectivity index (χ2n) is 4.63. The highest BCUT2D eigenvalue weighted by Gasteiger charge is 2.20. The van der Waals surface area contributed by atoms with Crippen molar-refractivity contribution >= 4 is 0 Å². The van der Waals surface area contributed by atoms with Crippen molar-refractivity contribution in [2.45, 2.75) is 25.5 Å². The van der Waals surface area contributed by atoms with Gasteiger partial charge in [0.25, 0.3) is 0 Å². The van der Waals surface area contributed by atoms with E-state index in [4.69, 9.17) is 5.73 Å². The molecular weight excluding hydrogens is 226 g/mol. The van der Waals surface area contributed by atoms with Crippen LogP contribution in [0.5, 0.6) is 0 Å². The number of hydrogen-bond acceptors (Lipinski definition) is 3. The molecule has 0 aliphatic carbocycles. The Labute approximate surface area is 99.6 Å². The maximum Gasteiger partial charge on any atom is 0.164 e. The number of β-amino-alcohol motifs (C(OH)–C–C–N with tert-alkyl or cyclic N) is 1. The standard InChI is InChI=1S/C12H18F2N2O/c1-12(2,7-15)16-6-10(17)8-4-3-5-9(13)11(8)14/h3-5,10,16-17H,6-7,15H2,1-2H3. The summed E-state index contributed by atoms with van der Waals surface area (Å²) < 4.78 is 26.3. The van der Waals surface area contributed by atoms with Gasteiger partial charge in [0.1, 0.15) is 0 Å². The van der Waals surface area contributed by atoms with Crippen molar-refractivity contribution in [3.63, 3.8) is 0 Å². The van der Waals surface area contributed by atoms with Crippen molar-refractivity contribution in [1.29, 1.82) is 0 Å². The van der Waals surface area contributed by atoms with Crippen molar-refractivity contribution < 1.29 is 13.9 Å². The summed E-state index contributed by atoms with van der Waals surface area (Å²) in [5.41, 5.74) is 5.10. The molecule has 0 bridgehead atoms. The summed E-state index contributed by atoms with van der Waals surface area (Å²) >= 11 is 0. The van der Waals surface area contributed by atoms with Gasteiger partial charge in [0, 0.05) is 24.2 Å². The quantitative estimate of drug-likeness (QED) is 0.732. The Morgan fingerprint density at radius 2 is 2.06 bits per heavy atom. The number of nitrogens with one attached hydrogen (secondary N) is 1. The highest BCUT2D eigenvalue weighted by atomic mass is 19.2. The van der Waals surface area contributed by atoms with Gasteiger partial charge in [-0.25, -0.2) is 8.78 Å². The van der Waals surface area contributed by atoms with Gasteiger partial charge in [0.2, 0.25) is 0 Å². The molecule has 0 aliphatic heterocycles. The smallest absolute Gasteiger partial charge is 0.164 e. The number of rotatable bonds is 5. The van der Waals surface area contributed by atoms with Crippen molar-refractivity contribution in [3.05, 3.63) is 35.4 Å². The summed E-state index contributed by atoms with van der Waals surface area (Å²) in [6.07, 6.45) is -1.10. The van der Waals surface area contributed by atoms with E-state index in [0.717, 1.165) is 6.07 Å². The molecule has 17 heavy (non-hydrogen) atoms. The third-order valence-electron chi connectivity index (χ3n) is 2.62.